The molecule has 0 aliphatic rings. The Balaban J connectivity index is 0.00000289. The van der Waals surface area contributed by atoms with Crippen molar-refractivity contribution in [3.05, 3.63) is 29.3 Å². The van der Waals surface area contributed by atoms with Crippen LogP contribution in [0.4, 0.5) is 0 Å². The van der Waals surface area contributed by atoms with Crippen LogP contribution in [-0.2, 0) is 11.3 Å². The summed E-state index contributed by atoms with van der Waals surface area (Å²) in [5.41, 5.74) is 2.19. The second kappa shape index (κ2) is 7.95. The Bertz CT molecular complexity index is 397. The van der Waals surface area contributed by atoms with Crippen LogP contribution in [0.5, 0.6) is 5.75 Å². The SMILES string of the molecule is CNCC(=O)N(C)Cc1ccc(OC)c(C)c1.Cl. The molecule has 5 heteroatoms. The highest BCUT2D eigenvalue weighted by Crippen LogP contribution is 2.19. The molecule has 0 atom stereocenters. The fraction of sp³-hybridized carbons (Fsp3) is 0.462. The number of halogens is 1. The maximum atomic E-state index is 11.6. The van der Waals surface area contributed by atoms with Crippen LogP contribution in [0.2, 0.25) is 0 Å². The summed E-state index contributed by atoms with van der Waals surface area (Å²) >= 11 is 0. The van der Waals surface area contributed by atoms with Crippen LogP contribution in [0.1, 0.15) is 11.1 Å². The highest BCUT2D eigenvalue weighted by Gasteiger charge is 2.08. The van der Waals surface area contributed by atoms with Gasteiger partial charge in [-0.1, -0.05) is 12.1 Å². The van der Waals surface area contributed by atoms with Gasteiger partial charge in [0.15, 0.2) is 0 Å². The number of carbonyl (C=O) groups excluding carboxylic acids is 1. The largest absolute Gasteiger partial charge is 0.496 e. The average Bonchev–Trinajstić information content (AvgIpc) is 2.29. The van der Waals surface area contributed by atoms with Gasteiger partial charge >= 0.3 is 0 Å². The van der Waals surface area contributed by atoms with Crippen LogP contribution in [0.15, 0.2) is 18.2 Å². The monoisotopic (exact) mass is 272 g/mol. The minimum atomic E-state index is 0. The number of carbonyl (C=O) groups is 1. The molecule has 0 aliphatic carbocycles. The third-order valence-corrected chi connectivity index (χ3v) is 2.63. The lowest BCUT2D eigenvalue weighted by Gasteiger charge is -2.17. The summed E-state index contributed by atoms with van der Waals surface area (Å²) in [7, 11) is 5.23. The Morgan fingerprint density at radius 2 is 2.11 bits per heavy atom. The van der Waals surface area contributed by atoms with Crippen molar-refractivity contribution >= 4 is 18.3 Å². The first-order valence-corrected chi connectivity index (χ1v) is 5.60. The van der Waals surface area contributed by atoms with Crippen molar-refractivity contribution in [1.29, 1.82) is 0 Å². The van der Waals surface area contributed by atoms with E-state index in [2.05, 4.69) is 5.32 Å². The summed E-state index contributed by atoms with van der Waals surface area (Å²) < 4.78 is 5.20. The van der Waals surface area contributed by atoms with Gasteiger partial charge in [0.25, 0.3) is 0 Å². The minimum Gasteiger partial charge on any atom is -0.496 e. The molecule has 4 nitrogen and oxygen atoms in total. The van der Waals surface area contributed by atoms with E-state index in [0.29, 0.717) is 13.1 Å². The van der Waals surface area contributed by atoms with Gasteiger partial charge in [0.1, 0.15) is 5.75 Å². The normalized spacial score (nSPS) is 9.56. The van der Waals surface area contributed by atoms with Crippen LogP contribution >= 0.6 is 12.4 Å². The number of rotatable bonds is 5. The van der Waals surface area contributed by atoms with Crippen LogP contribution in [0.3, 0.4) is 0 Å². The summed E-state index contributed by atoms with van der Waals surface area (Å²) in [6, 6.07) is 5.96. The van der Waals surface area contributed by atoms with E-state index in [1.807, 2.05) is 25.1 Å². The number of hydrogen-bond acceptors (Lipinski definition) is 3. The number of amides is 1. The molecule has 0 bridgehead atoms. The molecule has 0 spiro atoms. The number of hydrogen-bond donors (Lipinski definition) is 1. The summed E-state index contributed by atoms with van der Waals surface area (Å²) in [6.07, 6.45) is 0. The van der Waals surface area contributed by atoms with Crippen molar-refractivity contribution in [2.45, 2.75) is 13.5 Å². The number of nitrogens with one attached hydrogen (secondary N) is 1. The molecule has 102 valence electrons. The van der Waals surface area contributed by atoms with Gasteiger partial charge in [0, 0.05) is 13.6 Å². The first-order chi connectivity index (χ1) is 8.08. The summed E-state index contributed by atoms with van der Waals surface area (Å²) in [6.45, 7) is 2.98. The molecule has 0 unspecified atom stereocenters. The minimum absolute atomic E-state index is 0. The van der Waals surface area contributed by atoms with E-state index in [-0.39, 0.29) is 18.3 Å². The number of aryl methyl sites for hydroxylation is 1. The molecule has 1 aromatic carbocycles. The van der Waals surface area contributed by atoms with E-state index >= 15 is 0 Å². The van der Waals surface area contributed by atoms with Gasteiger partial charge in [0.05, 0.1) is 13.7 Å². The number of benzene rings is 1. The van der Waals surface area contributed by atoms with E-state index in [9.17, 15) is 4.79 Å². The second-order valence-corrected chi connectivity index (χ2v) is 4.08. The van der Waals surface area contributed by atoms with Crippen molar-refractivity contribution in [1.82, 2.24) is 10.2 Å². The molecule has 0 fully saturated rings. The average molecular weight is 273 g/mol. The predicted molar refractivity (Wildman–Crippen MR) is 75.4 cm³/mol. The number of methoxy groups -OCH3 is 1. The van der Waals surface area contributed by atoms with E-state index in [1.165, 1.54) is 0 Å². The van der Waals surface area contributed by atoms with Crippen molar-refractivity contribution in [2.75, 3.05) is 27.7 Å². The molecular formula is C13H21ClN2O2. The molecule has 1 amide bonds. The van der Waals surface area contributed by atoms with Crippen LogP contribution in [0.25, 0.3) is 0 Å². The Morgan fingerprint density at radius 1 is 1.44 bits per heavy atom. The highest BCUT2D eigenvalue weighted by atomic mass is 35.5. The molecular weight excluding hydrogens is 252 g/mol. The molecule has 1 rings (SSSR count). The maximum Gasteiger partial charge on any atom is 0.236 e. The molecule has 1 N–H and O–H groups in total. The summed E-state index contributed by atoms with van der Waals surface area (Å²) in [5.74, 6) is 0.957. The molecule has 0 radical (unpaired) electrons. The highest BCUT2D eigenvalue weighted by molar-refractivity contribution is 5.85. The zero-order valence-corrected chi connectivity index (χ0v) is 12.1. The van der Waals surface area contributed by atoms with Crippen molar-refractivity contribution in [3.63, 3.8) is 0 Å². The molecule has 0 saturated carbocycles. The van der Waals surface area contributed by atoms with Gasteiger partial charge in [-0.2, -0.15) is 0 Å². The third kappa shape index (κ3) is 4.55. The Labute approximate surface area is 115 Å². The Hall–Kier alpha value is -1.26. The Morgan fingerprint density at radius 3 is 2.61 bits per heavy atom. The predicted octanol–water partition coefficient (Wildman–Crippen LogP) is 1.60. The van der Waals surface area contributed by atoms with Gasteiger partial charge in [-0.05, 0) is 31.2 Å². The zero-order chi connectivity index (χ0) is 12.8. The van der Waals surface area contributed by atoms with Gasteiger partial charge in [-0.3, -0.25) is 4.79 Å². The molecule has 0 saturated heterocycles. The first kappa shape index (κ1) is 16.7. The smallest absolute Gasteiger partial charge is 0.236 e. The van der Waals surface area contributed by atoms with E-state index < -0.39 is 0 Å². The standard InChI is InChI=1S/C13H20N2O2.ClH/c1-10-7-11(5-6-12(10)17-4)9-15(3)13(16)8-14-2;/h5-7,14H,8-9H2,1-4H3;1H. The topological polar surface area (TPSA) is 41.6 Å². The maximum absolute atomic E-state index is 11.6. The van der Waals surface area contributed by atoms with Gasteiger partial charge in [-0.15, -0.1) is 12.4 Å². The van der Waals surface area contributed by atoms with Crippen LogP contribution < -0.4 is 10.1 Å². The summed E-state index contributed by atoms with van der Waals surface area (Å²) in [5, 5.41) is 2.85. The zero-order valence-electron chi connectivity index (χ0n) is 11.3. The molecule has 18 heavy (non-hydrogen) atoms. The molecule has 0 heterocycles. The van der Waals surface area contributed by atoms with E-state index in [4.69, 9.17) is 4.74 Å². The van der Waals surface area contributed by atoms with Gasteiger partial charge < -0.3 is 15.0 Å². The van der Waals surface area contributed by atoms with Crippen molar-refractivity contribution < 1.29 is 9.53 Å². The lowest BCUT2D eigenvalue weighted by atomic mass is 10.1. The lowest BCUT2D eigenvalue weighted by Crippen LogP contribution is -2.33. The number of ether oxygens (including phenoxy) is 1. The number of likely N-dealkylation sites (N-methyl/N-ethyl adjacent to an activating group) is 2. The fourth-order valence-corrected chi connectivity index (χ4v) is 1.69. The van der Waals surface area contributed by atoms with E-state index in [1.54, 1.807) is 26.1 Å². The van der Waals surface area contributed by atoms with E-state index in [0.717, 1.165) is 16.9 Å². The first-order valence-electron chi connectivity index (χ1n) is 5.60. The van der Waals surface area contributed by atoms with Crippen molar-refractivity contribution in [3.8, 4) is 5.75 Å². The number of nitrogens with zero attached hydrogens (tertiary/aromatic N) is 1. The third-order valence-electron chi connectivity index (χ3n) is 2.63. The lowest BCUT2D eigenvalue weighted by molar-refractivity contribution is -0.129. The molecule has 0 aromatic heterocycles. The van der Waals surface area contributed by atoms with Gasteiger partial charge in [-0.25, -0.2) is 0 Å². The van der Waals surface area contributed by atoms with Crippen LogP contribution in [0, 0.1) is 6.92 Å². The quantitative estimate of drug-likeness (QED) is 0.885. The fourth-order valence-electron chi connectivity index (χ4n) is 1.69. The second-order valence-electron chi connectivity index (χ2n) is 4.08. The summed E-state index contributed by atoms with van der Waals surface area (Å²) in [4.78, 5) is 13.3. The molecule has 0 aliphatic heterocycles. The van der Waals surface area contributed by atoms with Gasteiger partial charge in [0.2, 0.25) is 5.91 Å². The van der Waals surface area contributed by atoms with Crippen LogP contribution in [-0.4, -0.2) is 38.6 Å². The Kier molecular flexibility index (Phi) is 7.39. The molecule has 1 aromatic rings. The van der Waals surface area contributed by atoms with Crippen molar-refractivity contribution in [2.24, 2.45) is 0 Å².